The standard InChI is InChI=1S/C9H9BrN2S/c10-4-6-8(12)3-7(11)5-1-2-13-9(5)6/h1-3H,4,11-12H2. The molecular weight excluding hydrogens is 248 g/mol. The summed E-state index contributed by atoms with van der Waals surface area (Å²) in [6.45, 7) is 0. The highest BCUT2D eigenvalue weighted by Gasteiger charge is 2.08. The van der Waals surface area contributed by atoms with E-state index in [4.69, 9.17) is 11.5 Å². The van der Waals surface area contributed by atoms with E-state index in [-0.39, 0.29) is 0 Å². The van der Waals surface area contributed by atoms with Crippen LogP contribution in [0, 0.1) is 0 Å². The minimum absolute atomic E-state index is 0.762. The summed E-state index contributed by atoms with van der Waals surface area (Å²) in [6.07, 6.45) is 0. The summed E-state index contributed by atoms with van der Waals surface area (Å²) in [5.74, 6) is 0. The van der Waals surface area contributed by atoms with Crippen molar-refractivity contribution < 1.29 is 0 Å². The van der Waals surface area contributed by atoms with Crippen LogP contribution in [0.3, 0.4) is 0 Å². The Morgan fingerprint density at radius 3 is 2.77 bits per heavy atom. The topological polar surface area (TPSA) is 52.0 Å². The van der Waals surface area contributed by atoms with Gasteiger partial charge in [-0.1, -0.05) is 15.9 Å². The van der Waals surface area contributed by atoms with E-state index in [2.05, 4.69) is 15.9 Å². The Labute approximate surface area is 88.7 Å². The van der Waals surface area contributed by atoms with E-state index >= 15 is 0 Å². The SMILES string of the molecule is Nc1cc(N)c2ccsc2c1CBr. The first-order valence-corrected chi connectivity index (χ1v) is 5.84. The smallest absolute Gasteiger partial charge is 0.0424 e. The zero-order valence-electron chi connectivity index (χ0n) is 6.88. The van der Waals surface area contributed by atoms with Gasteiger partial charge in [-0.15, -0.1) is 11.3 Å². The van der Waals surface area contributed by atoms with Gasteiger partial charge in [0.1, 0.15) is 0 Å². The number of benzene rings is 1. The van der Waals surface area contributed by atoms with E-state index in [1.807, 2.05) is 17.5 Å². The summed E-state index contributed by atoms with van der Waals surface area (Å²) >= 11 is 5.10. The number of hydrogen-bond acceptors (Lipinski definition) is 3. The number of halogens is 1. The van der Waals surface area contributed by atoms with Crippen molar-refractivity contribution in [3.05, 3.63) is 23.1 Å². The molecule has 13 heavy (non-hydrogen) atoms. The lowest BCUT2D eigenvalue weighted by Gasteiger charge is -2.05. The van der Waals surface area contributed by atoms with E-state index in [1.54, 1.807) is 11.3 Å². The molecule has 2 nitrogen and oxygen atoms in total. The molecule has 0 bridgehead atoms. The molecule has 0 aliphatic rings. The van der Waals surface area contributed by atoms with Crippen molar-refractivity contribution in [3.8, 4) is 0 Å². The van der Waals surface area contributed by atoms with Crippen LogP contribution >= 0.6 is 27.3 Å². The summed E-state index contributed by atoms with van der Waals surface area (Å²) in [5, 5.41) is 3.91. The van der Waals surface area contributed by atoms with Gasteiger partial charge in [0.2, 0.25) is 0 Å². The first kappa shape index (κ1) is 8.84. The van der Waals surface area contributed by atoms with Gasteiger partial charge < -0.3 is 11.5 Å². The molecule has 0 aliphatic carbocycles. The van der Waals surface area contributed by atoms with Crippen molar-refractivity contribution in [3.63, 3.8) is 0 Å². The quantitative estimate of drug-likeness (QED) is 0.609. The first-order chi connectivity index (χ1) is 6.24. The first-order valence-electron chi connectivity index (χ1n) is 3.84. The highest BCUT2D eigenvalue weighted by Crippen LogP contribution is 2.34. The molecule has 0 saturated heterocycles. The molecule has 1 aromatic carbocycles. The number of alkyl halides is 1. The number of nitrogens with two attached hydrogens (primary N) is 2. The van der Waals surface area contributed by atoms with Crippen LogP contribution in [0.15, 0.2) is 17.5 Å². The molecule has 4 N–H and O–H groups in total. The van der Waals surface area contributed by atoms with Crippen molar-refractivity contribution in [2.75, 3.05) is 11.5 Å². The van der Waals surface area contributed by atoms with Crippen molar-refractivity contribution in [2.45, 2.75) is 5.33 Å². The maximum absolute atomic E-state index is 5.85. The molecule has 1 heterocycles. The van der Waals surface area contributed by atoms with Gasteiger partial charge in [0.25, 0.3) is 0 Å². The fraction of sp³-hybridized carbons (Fsp3) is 0.111. The van der Waals surface area contributed by atoms with Crippen molar-refractivity contribution >= 4 is 48.7 Å². The zero-order chi connectivity index (χ0) is 9.42. The monoisotopic (exact) mass is 256 g/mol. The lowest BCUT2D eigenvalue weighted by Crippen LogP contribution is -1.95. The van der Waals surface area contributed by atoms with Crippen LogP contribution in [0.1, 0.15) is 5.56 Å². The summed E-state index contributed by atoms with van der Waals surface area (Å²) in [4.78, 5) is 0. The molecular formula is C9H9BrN2S. The van der Waals surface area contributed by atoms with Gasteiger partial charge in [-0.3, -0.25) is 0 Å². The number of thiophene rings is 1. The van der Waals surface area contributed by atoms with Crippen LogP contribution in [0.25, 0.3) is 10.1 Å². The Hall–Kier alpha value is -0.740. The fourth-order valence-corrected chi connectivity index (χ4v) is 3.15. The third kappa shape index (κ3) is 1.30. The maximum atomic E-state index is 5.85. The number of fused-ring (bicyclic) bond motifs is 1. The Morgan fingerprint density at radius 1 is 1.31 bits per heavy atom. The maximum Gasteiger partial charge on any atom is 0.0424 e. The van der Waals surface area contributed by atoms with E-state index in [0.717, 1.165) is 27.7 Å². The predicted molar refractivity (Wildman–Crippen MR) is 63.3 cm³/mol. The molecule has 0 aliphatic heterocycles. The molecule has 1 aromatic heterocycles. The van der Waals surface area contributed by atoms with Crippen LogP contribution in [0.5, 0.6) is 0 Å². The molecule has 2 rings (SSSR count). The third-order valence-corrected chi connectivity index (χ3v) is 3.58. The number of anilines is 2. The highest BCUT2D eigenvalue weighted by molar-refractivity contribution is 9.08. The van der Waals surface area contributed by atoms with Crippen LogP contribution in [0.4, 0.5) is 11.4 Å². The molecule has 4 heteroatoms. The Bertz CT molecular complexity index is 450. The Morgan fingerprint density at radius 2 is 2.08 bits per heavy atom. The van der Waals surface area contributed by atoms with E-state index in [0.29, 0.717) is 0 Å². The molecule has 0 unspecified atom stereocenters. The fourth-order valence-electron chi connectivity index (χ4n) is 1.37. The molecule has 0 atom stereocenters. The number of hydrogen-bond donors (Lipinski definition) is 2. The molecule has 0 amide bonds. The summed E-state index contributed by atoms with van der Waals surface area (Å²) in [7, 11) is 0. The highest BCUT2D eigenvalue weighted by atomic mass is 79.9. The molecule has 2 aromatic rings. The van der Waals surface area contributed by atoms with E-state index < -0.39 is 0 Å². The number of rotatable bonds is 1. The summed E-state index contributed by atoms with van der Waals surface area (Å²) in [6, 6.07) is 3.85. The second-order valence-corrected chi connectivity index (χ2v) is 4.31. The van der Waals surface area contributed by atoms with Crippen molar-refractivity contribution in [2.24, 2.45) is 0 Å². The van der Waals surface area contributed by atoms with Crippen LogP contribution in [-0.2, 0) is 5.33 Å². The average molecular weight is 257 g/mol. The molecule has 0 saturated carbocycles. The third-order valence-electron chi connectivity index (χ3n) is 2.04. The van der Waals surface area contributed by atoms with Crippen LogP contribution in [-0.4, -0.2) is 0 Å². The van der Waals surface area contributed by atoms with Gasteiger partial charge in [-0.25, -0.2) is 0 Å². The van der Waals surface area contributed by atoms with Crippen LogP contribution < -0.4 is 11.5 Å². The van der Waals surface area contributed by atoms with Gasteiger partial charge in [0, 0.05) is 32.4 Å². The van der Waals surface area contributed by atoms with Gasteiger partial charge in [-0.05, 0) is 17.5 Å². The van der Waals surface area contributed by atoms with E-state index in [1.165, 1.54) is 4.70 Å². The predicted octanol–water partition coefficient (Wildman–Crippen LogP) is 2.96. The second-order valence-electron chi connectivity index (χ2n) is 2.83. The van der Waals surface area contributed by atoms with E-state index in [9.17, 15) is 0 Å². The van der Waals surface area contributed by atoms with Crippen molar-refractivity contribution in [1.82, 2.24) is 0 Å². The average Bonchev–Trinajstić information content (AvgIpc) is 2.53. The minimum Gasteiger partial charge on any atom is -0.398 e. The molecule has 0 spiro atoms. The van der Waals surface area contributed by atoms with Gasteiger partial charge in [0.15, 0.2) is 0 Å². The van der Waals surface area contributed by atoms with Gasteiger partial charge in [-0.2, -0.15) is 0 Å². The van der Waals surface area contributed by atoms with Gasteiger partial charge >= 0.3 is 0 Å². The summed E-state index contributed by atoms with van der Waals surface area (Å²) in [5.41, 5.74) is 14.4. The number of nitrogen functional groups attached to an aromatic ring is 2. The largest absolute Gasteiger partial charge is 0.398 e. The normalized spacial score (nSPS) is 10.8. The molecule has 0 fully saturated rings. The molecule has 0 radical (unpaired) electrons. The minimum atomic E-state index is 0.762. The van der Waals surface area contributed by atoms with Crippen LogP contribution in [0.2, 0.25) is 0 Å². The summed E-state index contributed by atoms with van der Waals surface area (Å²) < 4.78 is 1.19. The Balaban J connectivity index is 2.88. The second kappa shape index (κ2) is 3.20. The Kier molecular flexibility index (Phi) is 2.17. The zero-order valence-corrected chi connectivity index (χ0v) is 9.28. The lowest BCUT2D eigenvalue weighted by molar-refractivity contribution is 1.51. The lowest BCUT2D eigenvalue weighted by atomic mass is 10.1. The van der Waals surface area contributed by atoms with Gasteiger partial charge in [0.05, 0.1) is 0 Å². The molecule has 68 valence electrons. The van der Waals surface area contributed by atoms with Crippen molar-refractivity contribution in [1.29, 1.82) is 0 Å².